The van der Waals surface area contributed by atoms with E-state index >= 15 is 0 Å². The predicted octanol–water partition coefficient (Wildman–Crippen LogP) is 3.50. The number of carbonyl (C=O) groups excluding carboxylic acids is 1. The standard InChI is InChI=1S/C17H19Cl2N3O2/c1-9(13-5-4-12(18)8-15(13)19)21-16(23)7-6-14-10(2)20-11(3)22-17(14)24/h4-5,8-9H,6-7H2,1-3H3,(H,21,23)(H,20,22,24). The van der Waals surface area contributed by atoms with Crippen LogP contribution in [0.2, 0.25) is 10.0 Å². The van der Waals surface area contributed by atoms with Crippen molar-refractivity contribution in [2.75, 3.05) is 0 Å². The second-order valence-electron chi connectivity index (χ2n) is 5.67. The first-order valence-corrected chi connectivity index (χ1v) is 8.34. The van der Waals surface area contributed by atoms with E-state index in [1.807, 2.05) is 6.92 Å². The zero-order valence-corrected chi connectivity index (χ0v) is 15.3. The van der Waals surface area contributed by atoms with Crippen LogP contribution in [0.25, 0.3) is 0 Å². The van der Waals surface area contributed by atoms with Crippen LogP contribution in [0, 0.1) is 13.8 Å². The Kier molecular flexibility index (Phi) is 6.02. The van der Waals surface area contributed by atoms with Crippen molar-refractivity contribution < 1.29 is 4.79 Å². The smallest absolute Gasteiger partial charge is 0.254 e. The van der Waals surface area contributed by atoms with Gasteiger partial charge in [-0.15, -0.1) is 0 Å². The molecule has 0 saturated carbocycles. The van der Waals surface area contributed by atoms with Gasteiger partial charge in [-0.3, -0.25) is 9.59 Å². The number of nitrogens with one attached hydrogen (secondary N) is 2. The Morgan fingerprint density at radius 3 is 2.67 bits per heavy atom. The summed E-state index contributed by atoms with van der Waals surface area (Å²) in [7, 11) is 0. The van der Waals surface area contributed by atoms with Crippen LogP contribution in [0.3, 0.4) is 0 Å². The summed E-state index contributed by atoms with van der Waals surface area (Å²) in [6.07, 6.45) is 0.533. The molecule has 2 aromatic rings. The third-order valence-electron chi connectivity index (χ3n) is 3.75. The van der Waals surface area contributed by atoms with Crippen LogP contribution in [0.4, 0.5) is 0 Å². The Morgan fingerprint density at radius 1 is 1.33 bits per heavy atom. The van der Waals surface area contributed by atoms with Crippen molar-refractivity contribution in [2.45, 2.75) is 39.7 Å². The fourth-order valence-corrected chi connectivity index (χ4v) is 3.10. The molecule has 0 spiro atoms. The van der Waals surface area contributed by atoms with Crippen molar-refractivity contribution in [2.24, 2.45) is 0 Å². The number of nitrogens with zero attached hydrogens (tertiary/aromatic N) is 1. The minimum Gasteiger partial charge on any atom is -0.350 e. The van der Waals surface area contributed by atoms with Crippen molar-refractivity contribution in [1.29, 1.82) is 0 Å². The zero-order chi connectivity index (χ0) is 17.9. The van der Waals surface area contributed by atoms with Gasteiger partial charge < -0.3 is 10.3 Å². The molecule has 1 amide bonds. The minimum atomic E-state index is -0.252. The fraction of sp³-hybridized carbons (Fsp3) is 0.353. The SMILES string of the molecule is Cc1nc(C)c(CCC(=O)NC(C)c2ccc(Cl)cc2Cl)c(=O)[nH]1. The number of H-pyrrole nitrogens is 1. The van der Waals surface area contributed by atoms with E-state index in [1.54, 1.807) is 32.0 Å². The summed E-state index contributed by atoms with van der Waals surface area (Å²) in [5.41, 5.74) is 1.79. The Labute approximate surface area is 150 Å². The number of hydrogen-bond donors (Lipinski definition) is 2. The average molecular weight is 368 g/mol. The zero-order valence-electron chi connectivity index (χ0n) is 13.7. The summed E-state index contributed by atoms with van der Waals surface area (Å²) in [5.74, 6) is 0.407. The lowest BCUT2D eigenvalue weighted by Crippen LogP contribution is -2.28. The van der Waals surface area contributed by atoms with Crippen LogP contribution in [-0.2, 0) is 11.2 Å². The van der Waals surface area contributed by atoms with Gasteiger partial charge in [-0.05, 0) is 44.9 Å². The summed E-state index contributed by atoms with van der Waals surface area (Å²) in [5, 5.41) is 3.93. The molecule has 7 heteroatoms. The number of benzene rings is 1. The van der Waals surface area contributed by atoms with E-state index < -0.39 is 0 Å². The number of aromatic amines is 1. The maximum atomic E-state index is 12.2. The first kappa shape index (κ1) is 18.5. The van der Waals surface area contributed by atoms with Crippen LogP contribution in [0.1, 0.15) is 42.0 Å². The number of halogens is 2. The first-order valence-electron chi connectivity index (χ1n) is 7.58. The summed E-state index contributed by atoms with van der Waals surface area (Å²) >= 11 is 12.0. The monoisotopic (exact) mass is 367 g/mol. The quantitative estimate of drug-likeness (QED) is 0.848. The van der Waals surface area contributed by atoms with Gasteiger partial charge in [-0.1, -0.05) is 29.3 Å². The summed E-state index contributed by atoms with van der Waals surface area (Å²) in [6.45, 7) is 5.34. The summed E-state index contributed by atoms with van der Waals surface area (Å²) < 4.78 is 0. The largest absolute Gasteiger partial charge is 0.350 e. The molecule has 0 radical (unpaired) electrons. The lowest BCUT2D eigenvalue weighted by Gasteiger charge is -2.16. The van der Waals surface area contributed by atoms with Gasteiger partial charge in [0.2, 0.25) is 5.91 Å². The first-order chi connectivity index (χ1) is 11.3. The third kappa shape index (κ3) is 4.58. The van der Waals surface area contributed by atoms with Crippen molar-refractivity contribution in [3.8, 4) is 0 Å². The normalized spacial score (nSPS) is 12.0. The molecule has 5 nitrogen and oxygen atoms in total. The van der Waals surface area contributed by atoms with E-state index in [2.05, 4.69) is 15.3 Å². The van der Waals surface area contributed by atoms with Gasteiger partial charge >= 0.3 is 0 Å². The van der Waals surface area contributed by atoms with Gasteiger partial charge in [0.1, 0.15) is 5.82 Å². The number of aromatic nitrogens is 2. The van der Waals surface area contributed by atoms with Crippen LogP contribution >= 0.6 is 23.2 Å². The summed E-state index contributed by atoms with van der Waals surface area (Å²) in [6, 6.07) is 4.90. The predicted molar refractivity (Wildman–Crippen MR) is 95.7 cm³/mol. The van der Waals surface area contributed by atoms with E-state index in [9.17, 15) is 9.59 Å². The highest BCUT2D eigenvalue weighted by atomic mass is 35.5. The van der Waals surface area contributed by atoms with Gasteiger partial charge in [-0.2, -0.15) is 0 Å². The highest BCUT2D eigenvalue weighted by Gasteiger charge is 2.14. The number of rotatable bonds is 5. The highest BCUT2D eigenvalue weighted by Crippen LogP contribution is 2.26. The van der Waals surface area contributed by atoms with Gasteiger partial charge in [-0.25, -0.2) is 4.98 Å². The fourth-order valence-electron chi connectivity index (χ4n) is 2.53. The number of hydrogen-bond acceptors (Lipinski definition) is 3. The molecule has 0 fully saturated rings. The lowest BCUT2D eigenvalue weighted by atomic mass is 10.1. The second kappa shape index (κ2) is 7.81. The Morgan fingerprint density at radius 2 is 2.04 bits per heavy atom. The van der Waals surface area contributed by atoms with Crippen LogP contribution in [0.15, 0.2) is 23.0 Å². The van der Waals surface area contributed by atoms with Crippen molar-refractivity contribution in [3.63, 3.8) is 0 Å². The van der Waals surface area contributed by atoms with Crippen molar-refractivity contribution in [1.82, 2.24) is 15.3 Å². The molecule has 1 aromatic heterocycles. The van der Waals surface area contributed by atoms with Crippen LogP contribution < -0.4 is 10.9 Å². The molecular weight excluding hydrogens is 349 g/mol. The Hall–Kier alpha value is -1.85. The van der Waals surface area contributed by atoms with E-state index in [0.29, 0.717) is 33.5 Å². The van der Waals surface area contributed by atoms with Crippen molar-refractivity contribution >= 4 is 29.1 Å². The third-order valence-corrected chi connectivity index (χ3v) is 4.31. The topological polar surface area (TPSA) is 74.8 Å². The molecule has 24 heavy (non-hydrogen) atoms. The highest BCUT2D eigenvalue weighted by molar-refractivity contribution is 6.35. The average Bonchev–Trinajstić information content (AvgIpc) is 2.45. The van der Waals surface area contributed by atoms with Gasteiger partial charge in [0, 0.05) is 27.7 Å². The Balaban J connectivity index is 2.00. The summed E-state index contributed by atoms with van der Waals surface area (Å²) in [4.78, 5) is 31.0. The minimum absolute atomic E-state index is 0.159. The second-order valence-corrected chi connectivity index (χ2v) is 6.51. The molecule has 128 valence electrons. The van der Waals surface area contributed by atoms with Gasteiger partial charge in [0.15, 0.2) is 0 Å². The molecule has 1 heterocycles. The van der Waals surface area contributed by atoms with E-state index in [4.69, 9.17) is 23.2 Å². The maximum Gasteiger partial charge on any atom is 0.254 e. The maximum absolute atomic E-state index is 12.2. The molecule has 1 aromatic carbocycles. The van der Waals surface area contributed by atoms with E-state index in [0.717, 1.165) is 5.56 Å². The van der Waals surface area contributed by atoms with Gasteiger partial charge in [0.05, 0.1) is 6.04 Å². The van der Waals surface area contributed by atoms with Crippen molar-refractivity contribution in [3.05, 3.63) is 61.2 Å². The number of aryl methyl sites for hydroxylation is 2. The van der Waals surface area contributed by atoms with E-state index in [1.165, 1.54) is 0 Å². The molecule has 2 rings (SSSR count). The molecule has 0 bridgehead atoms. The number of amides is 1. The molecular formula is C17H19Cl2N3O2. The molecule has 1 unspecified atom stereocenters. The molecule has 0 aliphatic carbocycles. The number of carbonyl (C=O) groups is 1. The molecule has 0 aliphatic heterocycles. The van der Waals surface area contributed by atoms with Crippen LogP contribution in [-0.4, -0.2) is 15.9 Å². The van der Waals surface area contributed by atoms with Crippen LogP contribution in [0.5, 0.6) is 0 Å². The lowest BCUT2D eigenvalue weighted by molar-refractivity contribution is -0.121. The molecule has 0 aliphatic rings. The Bertz CT molecular complexity index is 818. The van der Waals surface area contributed by atoms with Gasteiger partial charge in [0.25, 0.3) is 5.56 Å². The van der Waals surface area contributed by atoms with E-state index in [-0.39, 0.29) is 23.9 Å². The molecule has 1 atom stereocenters. The molecule has 2 N–H and O–H groups in total. The molecule has 0 saturated heterocycles.